The standard InChI is InChI=1S/C27H40N4O2S/c1-27(26(33)28-20-10-6-3-4-7-11-20)19-30-22-14-17-34-24(22)18-23(30)25(32)31(27)16-15-29(2)21-12-8-5-9-13-21/h14,17-18,20-21H,3-13,15-16,19H2,1-2H3,(H,28,33). The Bertz CT molecular complexity index is 1020. The van der Waals surface area contributed by atoms with E-state index >= 15 is 0 Å². The monoisotopic (exact) mass is 484 g/mol. The SMILES string of the molecule is CN(CCN1C(=O)c2cc3sccc3n2CC1(C)C(=O)NC1CCCCCC1)C1CCCCC1. The summed E-state index contributed by atoms with van der Waals surface area (Å²) in [5.41, 5.74) is 0.903. The highest BCUT2D eigenvalue weighted by Gasteiger charge is 2.48. The number of nitrogens with zero attached hydrogens (tertiary/aromatic N) is 3. The summed E-state index contributed by atoms with van der Waals surface area (Å²) in [5, 5.41) is 5.44. The van der Waals surface area contributed by atoms with Crippen molar-refractivity contribution in [1.29, 1.82) is 0 Å². The lowest BCUT2D eigenvalue weighted by Crippen LogP contribution is -2.65. The molecule has 186 valence electrons. The summed E-state index contributed by atoms with van der Waals surface area (Å²) in [6.07, 6.45) is 13.4. The van der Waals surface area contributed by atoms with E-state index in [0.29, 0.717) is 19.1 Å². The van der Waals surface area contributed by atoms with Crippen molar-refractivity contribution in [2.75, 3.05) is 20.1 Å². The molecule has 1 atom stereocenters. The Hall–Kier alpha value is -1.86. The predicted molar refractivity (Wildman–Crippen MR) is 138 cm³/mol. The van der Waals surface area contributed by atoms with Gasteiger partial charge in [0.05, 0.1) is 16.8 Å². The molecule has 1 N–H and O–H groups in total. The molecular weight excluding hydrogens is 444 g/mol. The summed E-state index contributed by atoms with van der Waals surface area (Å²) in [7, 11) is 2.19. The number of hydrogen-bond acceptors (Lipinski definition) is 4. The van der Waals surface area contributed by atoms with Crippen molar-refractivity contribution < 1.29 is 9.59 Å². The number of thiophene rings is 1. The summed E-state index contributed by atoms with van der Waals surface area (Å²) in [6, 6.07) is 4.91. The molecule has 2 fully saturated rings. The lowest BCUT2D eigenvalue weighted by molar-refractivity contribution is -0.133. The average molecular weight is 485 g/mol. The van der Waals surface area contributed by atoms with Crippen molar-refractivity contribution in [1.82, 2.24) is 19.7 Å². The Morgan fingerprint density at radius 1 is 1.12 bits per heavy atom. The molecule has 34 heavy (non-hydrogen) atoms. The number of aromatic nitrogens is 1. The van der Waals surface area contributed by atoms with Crippen LogP contribution in [0.15, 0.2) is 17.5 Å². The van der Waals surface area contributed by atoms with Gasteiger partial charge in [0, 0.05) is 25.2 Å². The number of likely N-dealkylation sites (N-methyl/N-ethyl adjacent to an activating group) is 1. The van der Waals surface area contributed by atoms with E-state index in [-0.39, 0.29) is 17.9 Å². The summed E-state index contributed by atoms with van der Waals surface area (Å²) in [5.74, 6) is 0.000935. The minimum Gasteiger partial charge on any atom is -0.351 e. The molecule has 0 bridgehead atoms. The normalized spacial score (nSPS) is 25.0. The van der Waals surface area contributed by atoms with Crippen LogP contribution >= 0.6 is 11.3 Å². The van der Waals surface area contributed by atoms with Crippen LogP contribution in [-0.4, -0.2) is 63.9 Å². The van der Waals surface area contributed by atoms with Crippen molar-refractivity contribution in [2.24, 2.45) is 0 Å². The molecule has 6 nitrogen and oxygen atoms in total. The second-order valence-corrected chi connectivity index (χ2v) is 11.9. The molecule has 2 aliphatic carbocycles. The van der Waals surface area contributed by atoms with E-state index in [1.807, 2.05) is 17.9 Å². The third kappa shape index (κ3) is 4.53. The van der Waals surface area contributed by atoms with Gasteiger partial charge in [0.15, 0.2) is 0 Å². The van der Waals surface area contributed by atoms with E-state index in [1.165, 1.54) is 57.8 Å². The molecule has 3 aliphatic rings. The second-order valence-electron chi connectivity index (χ2n) is 11.0. The van der Waals surface area contributed by atoms with Crippen LogP contribution in [0.4, 0.5) is 0 Å². The maximum atomic E-state index is 13.9. The van der Waals surface area contributed by atoms with Gasteiger partial charge in [-0.1, -0.05) is 44.9 Å². The molecule has 0 radical (unpaired) electrons. The van der Waals surface area contributed by atoms with Gasteiger partial charge in [-0.05, 0) is 57.2 Å². The third-order valence-corrected chi connectivity index (χ3v) is 9.46. The van der Waals surface area contributed by atoms with Crippen molar-refractivity contribution in [3.63, 3.8) is 0 Å². The summed E-state index contributed by atoms with van der Waals surface area (Å²) in [6.45, 7) is 3.88. The highest BCUT2D eigenvalue weighted by Crippen LogP contribution is 2.35. The Balaban J connectivity index is 1.40. The Labute approximate surface area is 207 Å². The highest BCUT2D eigenvalue weighted by atomic mass is 32.1. The quantitative estimate of drug-likeness (QED) is 0.586. The van der Waals surface area contributed by atoms with Crippen LogP contribution < -0.4 is 5.32 Å². The number of fused-ring (bicyclic) bond motifs is 3. The minimum atomic E-state index is -0.891. The molecule has 1 unspecified atom stereocenters. The molecule has 7 heteroatoms. The maximum Gasteiger partial charge on any atom is 0.271 e. The van der Waals surface area contributed by atoms with E-state index in [9.17, 15) is 9.59 Å². The molecule has 2 amide bonds. The van der Waals surface area contributed by atoms with Crippen LogP contribution in [0.2, 0.25) is 0 Å². The van der Waals surface area contributed by atoms with Crippen LogP contribution in [0.5, 0.6) is 0 Å². The van der Waals surface area contributed by atoms with Gasteiger partial charge in [-0.2, -0.15) is 0 Å². The highest BCUT2D eigenvalue weighted by molar-refractivity contribution is 7.17. The summed E-state index contributed by atoms with van der Waals surface area (Å²) >= 11 is 1.66. The largest absolute Gasteiger partial charge is 0.351 e. The molecule has 1 aliphatic heterocycles. The fraction of sp³-hybridized carbons (Fsp3) is 0.704. The van der Waals surface area contributed by atoms with Gasteiger partial charge in [-0.15, -0.1) is 11.3 Å². The Kier molecular flexibility index (Phi) is 7.03. The van der Waals surface area contributed by atoms with Crippen molar-refractivity contribution >= 4 is 33.4 Å². The van der Waals surface area contributed by atoms with Crippen LogP contribution in [0, 0.1) is 0 Å². The summed E-state index contributed by atoms with van der Waals surface area (Å²) in [4.78, 5) is 32.0. The topological polar surface area (TPSA) is 57.6 Å². The molecule has 5 rings (SSSR count). The van der Waals surface area contributed by atoms with Crippen LogP contribution in [0.3, 0.4) is 0 Å². The molecular formula is C27H40N4O2S. The smallest absolute Gasteiger partial charge is 0.271 e. The van der Waals surface area contributed by atoms with E-state index in [4.69, 9.17) is 0 Å². The number of carbonyl (C=O) groups is 2. The summed E-state index contributed by atoms with van der Waals surface area (Å²) < 4.78 is 3.21. The first kappa shape index (κ1) is 23.9. The zero-order valence-electron chi connectivity index (χ0n) is 20.9. The lowest BCUT2D eigenvalue weighted by Gasteiger charge is -2.45. The van der Waals surface area contributed by atoms with Gasteiger partial charge in [-0.25, -0.2) is 0 Å². The zero-order chi connectivity index (χ0) is 23.7. The Morgan fingerprint density at radius 3 is 2.53 bits per heavy atom. The minimum absolute atomic E-state index is 0.00906. The third-order valence-electron chi connectivity index (χ3n) is 8.60. The van der Waals surface area contributed by atoms with E-state index < -0.39 is 5.54 Å². The average Bonchev–Trinajstić information content (AvgIpc) is 3.33. The van der Waals surface area contributed by atoms with Gasteiger partial charge in [0.25, 0.3) is 5.91 Å². The lowest BCUT2D eigenvalue weighted by atomic mass is 9.93. The van der Waals surface area contributed by atoms with E-state index in [1.54, 1.807) is 11.3 Å². The second kappa shape index (κ2) is 10.0. The Morgan fingerprint density at radius 2 is 1.79 bits per heavy atom. The first-order valence-electron chi connectivity index (χ1n) is 13.4. The molecule has 2 aromatic rings. The number of amides is 2. The number of nitrogens with one attached hydrogen (secondary N) is 1. The predicted octanol–water partition coefficient (Wildman–Crippen LogP) is 5.02. The van der Waals surface area contributed by atoms with Gasteiger partial charge in [0.2, 0.25) is 5.91 Å². The van der Waals surface area contributed by atoms with Crippen molar-refractivity contribution in [2.45, 2.75) is 102 Å². The van der Waals surface area contributed by atoms with Crippen molar-refractivity contribution in [3.05, 3.63) is 23.2 Å². The van der Waals surface area contributed by atoms with Crippen LogP contribution in [0.1, 0.15) is 88.0 Å². The van der Waals surface area contributed by atoms with Crippen molar-refractivity contribution in [3.8, 4) is 0 Å². The van der Waals surface area contributed by atoms with Gasteiger partial charge in [0.1, 0.15) is 11.2 Å². The fourth-order valence-electron chi connectivity index (χ4n) is 6.35. The maximum absolute atomic E-state index is 13.9. The molecule has 2 saturated carbocycles. The first-order chi connectivity index (χ1) is 16.5. The molecule has 2 aromatic heterocycles. The molecule has 0 aromatic carbocycles. The van der Waals surface area contributed by atoms with Crippen LogP contribution in [-0.2, 0) is 11.3 Å². The van der Waals surface area contributed by atoms with Crippen LogP contribution in [0.25, 0.3) is 10.2 Å². The molecule has 0 saturated heterocycles. The van der Waals surface area contributed by atoms with Gasteiger partial charge < -0.3 is 19.7 Å². The number of hydrogen-bond donors (Lipinski definition) is 1. The number of rotatable bonds is 6. The zero-order valence-corrected chi connectivity index (χ0v) is 21.7. The molecule has 3 heterocycles. The fourth-order valence-corrected chi connectivity index (χ4v) is 7.17. The first-order valence-corrected chi connectivity index (χ1v) is 14.3. The number of carbonyl (C=O) groups excluding carboxylic acids is 2. The van der Waals surface area contributed by atoms with Gasteiger partial charge in [-0.3, -0.25) is 9.59 Å². The van der Waals surface area contributed by atoms with Gasteiger partial charge >= 0.3 is 0 Å². The molecule has 0 spiro atoms. The van der Waals surface area contributed by atoms with E-state index in [0.717, 1.165) is 35.3 Å². The van der Waals surface area contributed by atoms with E-state index in [2.05, 4.69) is 33.3 Å².